The monoisotopic (exact) mass is 979 g/mol. The molecule has 354 valence electrons. The van der Waals surface area contributed by atoms with E-state index in [4.69, 9.17) is 9.97 Å². The van der Waals surface area contributed by atoms with Crippen LogP contribution in [0.1, 0.15) is 22.3 Å². The van der Waals surface area contributed by atoms with Gasteiger partial charge in [0, 0.05) is 71.6 Å². The van der Waals surface area contributed by atoms with Crippen molar-refractivity contribution < 1.29 is 0 Å². The summed E-state index contributed by atoms with van der Waals surface area (Å²) in [6.07, 6.45) is 0. The highest BCUT2D eigenvalue weighted by molar-refractivity contribution is 6.14. The molecule has 77 heavy (non-hydrogen) atoms. The fourth-order valence-corrected chi connectivity index (χ4v) is 11.4. The summed E-state index contributed by atoms with van der Waals surface area (Å²) in [6, 6.07) is 84.5. The summed E-state index contributed by atoms with van der Waals surface area (Å²) < 4.78 is 7.02. The van der Waals surface area contributed by atoms with Crippen molar-refractivity contribution in [2.75, 3.05) is 0 Å². The van der Waals surface area contributed by atoms with Crippen molar-refractivity contribution in [3.05, 3.63) is 247 Å². The second kappa shape index (κ2) is 17.7. The predicted molar refractivity (Wildman–Crippen MR) is 306 cm³/mol. The van der Waals surface area contributed by atoms with Crippen LogP contribution in [-0.4, -0.2) is 23.7 Å². The molecule has 14 rings (SSSR count). The molecule has 10 aromatic carbocycles. The van der Waals surface area contributed by atoms with Crippen molar-refractivity contribution in [1.82, 2.24) is 23.7 Å². The van der Waals surface area contributed by atoms with E-state index in [2.05, 4.69) is 184 Å². The summed E-state index contributed by atoms with van der Waals surface area (Å²) in [5.74, 6) is 0.250. The first-order valence-electron chi connectivity index (χ1n) is 25.0. The number of benzene rings is 10. The molecule has 0 unspecified atom stereocenters. The second-order valence-electron chi connectivity index (χ2n) is 19.0. The molecule has 0 atom stereocenters. The van der Waals surface area contributed by atoms with Crippen LogP contribution in [0.4, 0.5) is 0 Å². The molecule has 0 bridgehead atoms. The number of hydrogen-bond donors (Lipinski definition) is 0. The molecule has 0 saturated carbocycles. The molecule has 0 N–H and O–H groups in total. The number of fused-ring (bicyclic) bond motifs is 9. The minimum absolute atomic E-state index is 0.250. The lowest BCUT2D eigenvalue weighted by molar-refractivity contribution is 1.16. The van der Waals surface area contributed by atoms with Gasteiger partial charge in [0.2, 0.25) is 0 Å². The third-order valence-corrected chi connectivity index (χ3v) is 14.9. The van der Waals surface area contributed by atoms with Gasteiger partial charge in [-0.05, 0) is 115 Å². The van der Waals surface area contributed by atoms with E-state index in [0.717, 1.165) is 66.5 Å². The third-order valence-electron chi connectivity index (χ3n) is 14.9. The number of hydrogen-bond acceptors (Lipinski definition) is 6. The summed E-state index contributed by atoms with van der Waals surface area (Å²) in [5.41, 5.74) is 14.7. The molecule has 0 aliphatic heterocycles. The highest BCUT2D eigenvalue weighted by Gasteiger charge is 2.22. The normalized spacial score (nSPS) is 11.3. The Bertz CT molecular complexity index is 4630. The molecule has 0 radical (unpaired) electrons. The first-order chi connectivity index (χ1) is 38.0. The van der Waals surface area contributed by atoms with Crippen molar-refractivity contribution >= 4 is 65.4 Å². The van der Waals surface area contributed by atoms with Gasteiger partial charge in [-0.15, -0.1) is 0 Å². The van der Waals surface area contributed by atoms with Gasteiger partial charge in [0.25, 0.3) is 0 Å². The summed E-state index contributed by atoms with van der Waals surface area (Å²) in [7, 11) is 0. The maximum Gasteiger partial charge on any atom is 0.161 e. The Kier molecular flexibility index (Phi) is 10.2. The van der Waals surface area contributed by atoms with Crippen molar-refractivity contribution in [2.45, 2.75) is 0 Å². The predicted octanol–water partition coefficient (Wildman–Crippen LogP) is 15.9. The van der Waals surface area contributed by atoms with E-state index in [-0.39, 0.29) is 5.82 Å². The minimum Gasteiger partial charge on any atom is -0.309 e. The van der Waals surface area contributed by atoms with Crippen LogP contribution in [0.25, 0.3) is 128 Å². The van der Waals surface area contributed by atoms with Gasteiger partial charge in [-0.2, -0.15) is 21.0 Å². The number of aromatic nitrogens is 5. The topological polar surface area (TPSA) is 136 Å². The molecular formula is C68H37N9. The molecule has 9 nitrogen and oxygen atoms in total. The minimum atomic E-state index is 0.250. The number of nitrogens with zero attached hydrogens (tertiary/aromatic N) is 9. The van der Waals surface area contributed by atoms with Crippen LogP contribution >= 0.6 is 0 Å². The van der Waals surface area contributed by atoms with Gasteiger partial charge in [-0.25, -0.2) is 9.97 Å². The van der Waals surface area contributed by atoms with E-state index >= 15 is 0 Å². The lowest BCUT2D eigenvalue weighted by Crippen LogP contribution is -2.00. The third kappa shape index (κ3) is 6.98. The zero-order valence-electron chi connectivity index (χ0n) is 40.9. The molecule has 0 spiro atoms. The summed E-state index contributed by atoms with van der Waals surface area (Å²) in [6.45, 7) is 0. The van der Waals surface area contributed by atoms with Gasteiger partial charge in [-0.3, -0.25) is 0 Å². The smallest absolute Gasteiger partial charge is 0.161 e. The fourth-order valence-electron chi connectivity index (χ4n) is 11.4. The Morgan fingerprint density at radius 1 is 0.273 bits per heavy atom. The van der Waals surface area contributed by atoms with E-state index in [1.807, 2.05) is 18.2 Å². The average Bonchev–Trinajstić information content (AvgIpc) is 4.28. The Labute approximate surface area is 441 Å². The highest BCUT2D eigenvalue weighted by atomic mass is 15.0. The Hall–Kier alpha value is -11.4. The largest absolute Gasteiger partial charge is 0.309 e. The second-order valence-corrected chi connectivity index (χ2v) is 19.0. The van der Waals surface area contributed by atoms with Gasteiger partial charge in [0.05, 0.1) is 91.0 Å². The maximum absolute atomic E-state index is 10.8. The number of rotatable bonds is 7. The molecule has 0 amide bonds. The van der Waals surface area contributed by atoms with Crippen LogP contribution < -0.4 is 0 Å². The lowest BCUT2D eigenvalue weighted by Gasteiger charge is -2.14. The first kappa shape index (κ1) is 44.3. The Balaban J connectivity index is 0.925. The molecule has 0 fully saturated rings. The Morgan fingerprint density at radius 2 is 0.636 bits per heavy atom. The van der Waals surface area contributed by atoms with E-state index < -0.39 is 0 Å². The molecule has 4 heterocycles. The van der Waals surface area contributed by atoms with Crippen molar-refractivity contribution in [3.8, 4) is 86.4 Å². The zero-order chi connectivity index (χ0) is 51.7. The molecule has 0 saturated heterocycles. The molecule has 0 aliphatic carbocycles. The quantitative estimate of drug-likeness (QED) is 0.156. The van der Waals surface area contributed by atoms with Crippen LogP contribution in [0.15, 0.2) is 224 Å². The summed E-state index contributed by atoms with van der Waals surface area (Å²) in [5, 5.41) is 48.8. The van der Waals surface area contributed by atoms with Gasteiger partial charge < -0.3 is 13.7 Å². The first-order valence-corrected chi connectivity index (χ1v) is 25.0. The van der Waals surface area contributed by atoms with Crippen molar-refractivity contribution in [2.24, 2.45) is 0 Å². The van der Waals surface area contributed by atoms with Gasteiger partial charge in [0.1, 0.15) is 0 Å². The van der Waals surface area contributed by atoms with Gasteiger partial charge in [0.15, 0.2) is 5.82 Å². The van der Waals surface area contributed by atoms with Crippen LogP contribution in [-0.2, 0) is 0 Å². The zero-order valence-corrected chi connectivity index (χ0v) is 40.9. The van der Waals surface area contributed by atoms with Gasteiger partial charge in [-0.1, -0.05) is 115 Å². The molecule has 14 aromatic rings. The van der Waals surface area contributed by atoms with Crippen molar-refractivity contribution in [1.29, 1.82) is 21.0 Å². The summed E-state index contributed by atoms with van der Waals surface area (Å²) in [4.78, 5) is 9.78. The number of para-hydroxylation sites is 4. The van der Waals surface area contributed by atoms with E-state index in [1.165, 1.54) is 21.5 Å². The lowest BCUT2D eigenvalue weighted by atomic mass is 9.92. The standard InChI is InChI=1S/C68H37N9/c69-38-43-13-1-3-15-50(43)60-37-61(74-68(73-60)51-16-4-2-14-44(51)39-70)57-34-45(40-71)56(33-46(57)41-72)42-25-27-47(28-26-42)75-66-31-29-48(76-62-21-9-5-17-52(62)53-18-6-10-22-63(53)76)35-58(66)59-36-49(30-32-67(59)75)77-64-23-11-7-19-54(64)55-20-8-12-24-65(55)77/h1-37H. The molecular weight excluding hydrogens is 943 g/mol. The van der Waals surface area contributed by atoms with E-state index in [0.29, 0.717) is 55.9 Å². The molecule has 9 heteroatoms. The highest BCUT2D eigenvalue weighted by Crippen LogP contribution is 2.41. The SMILES string of the molecule is N#Cc1cc(-c2cc(-c3ccccc3C#N)nc(-c3ccccc3C#N)n2)c(C#N)cc1-c1ccc(-n2c3ccc(-n4c5ccccc5c5ccccc54)cc3c3cc(-n4c5ccccc5c5ccccc54)ccc32)cc1. The van der Waals surface area contributed by atoms with E-state index in [9.17, 15) is 21.0 Å². The van der Waals surface area contributed by atoms with Crippen LogP contribution in [0, 0.1) is 45.3 Å². The number of nitriles is 4. The van der Waals surface area contributed by atoms with Crippen LogP contribution in [0.2, 0.25) is 0 Å². The average molecular weight is 980 g/mol. The van der Waals surface area contributed by atoms with Crippen LogP contribution in [0.3, 0.4) is 0 Å². The van der Waals surface area contributed by atoms with Gasteiger partial charge >= 0.3 is 0 Å². The molecule has 4 aromatic heterocycles. The Morgan fingerprint density at radius 3 is 1.13 bits per heavy atom. The van der Waals surface area contributed by atoms with E-state index in [1.54, 1.807) is 60.7 Å². The fraction of sp³-hybridized carbons (Fsp3) is 0. The van der Waals surface area contributed by atoms with Crippen molar-refractivity contribution in [3.63, 3.8) is 0 Å². The summed E-state index contributed by atoms with van der Waals surface area (Å²) >= 11 is 0. The van der Waals surface area contributed by atoms with Crippen LogP contribution in [0.5, 0.6) is 0 Å². The molecule has 0 aliphatic rings. The maximum atomic E-state index is 10.8.